The molecule has 6 heteroatoms. The lowest BCUT2D eigenvalue weighted by Gasteiger charge is -2.05. The molecule has 4 nitrogen and oxygen atoms in total. The molecule has 0 fully saturated rings. The van der Waals surface area contributed by atoms with Gasteiger partial charge in [-0.05, 0) is 30.3 Å². The lowest BCUT2D eigenvalue weighted by molar-refractivity contribution is -0.385. The highest BCUT2D eigenvalue weighted by molar-refractivity contribution is 7.99. The molecule has 19 heavy (non-hydrogen) atoms. The van der Waals surface area contributed by atoms with E-state index in [4.69, 9.17) is 16.3 Å². The molecule has 0 amide bonds. The minimum absolute atomic E-state index is 0.0389. The van der Waals surface area contributed by atoms with Gasteiger partial charge in [-0.2, -0.15) is 0 Å². The monoisotopic (exact) mass is 295 g/mol. The van der Waals surface area contributed by atoms with E-state index >= 15 is 0 Å². The van der Waals surface area contributed by atoms with Gasteiger partial charge < -0.3 is 4.74 Å². The smallest absolute Gasteiger partial charge is 0.310 e. The number of rotatable bonds is 4. The van der Waals surface area contributed by atoms with Gasteiger partial charge in [0.25, 0.3) is 0 Å². The van der Waals surface area contributed by atoms with E-state index in [0.717, 1.165) is 9.79 Å². The Morgan fingerprint density at radius 1 is 1.16 bits per heavy atom. The van der Waals surface area contributed by atoms with Gasteiger partial charge in [0.05, 0.1) is 12.0 Å². The molecule has 0 aliphatic carbocycles. The Morgan fingerprint density at radius 3 is 2.37 bits per heavy atom. The first-order valence-corrected chi connectivity index (χ1v) is 6.55. The van der Waals surface area contributed by atoms with Crippen molar-refractivity contribution in [2.75, 3.05) is 7.11 Å². The molecule has 2 rings (SSSR count). The second-order valence-corrected chi connectivity index (χ2v) is 5.23. The fourth-order valence-electron chi connectivity index (χ4n) is 1.51. The van der Waals surface area contributed by atoms with Crippen LogP contribution in [-0.4, -0.2) is 12.0 Å². The van der Waals surface area contributed by atoms with Crippen LogP contribution in [0.3, 0.4) is 0 Å². The van der Waals surface area contributed by atoms with Crippen LogP contribution in [0.1, 0.15) is 0 Å². The molecule has 98 valence electrons. The Hall–Kier alpha value is -1.72. The normalized spacial score (nSPS) is 10.2. The molecular weight excluding hydrogens is 286 g/mol. The highest BCUT2D eigenvalue weighted by atomic mass is 35.5. The van der Waals surface area contributed by atoms with Crippen LogP contribution in [0.2, 0.25) is 5.02 Å². The Morgan fingerprint density at radius 2 is 1.79 bits per heavy atom. The van der Waals surface area contributed by atoms with Crippen molar-refractivity contribution in [2.45, 2.75) is 9.79 Å². The van der Waals surface area contributed by atoms with Gasteiger partial charge in [0.1, 0.15) is 0 Å². The molecule has 0 aliphatic rings. The second kappa shape index (κ2) is 5.95. The Labute approximate surface area is 119 Å². The minimum Gasteiger partial charge on any atom is -0.490 e. The summed E-state index contributed by atoms with van der Waals surface area (Å²) in [7, 11) is 1.42. The van der Waals surface area contributed by atoms with Crippen molar-refractivity contribution in [3.63, 3.8) is 0 Å². The summed E-state index contributed by atoms with van der Waals surface area (Å²) in [6, 6.07) is 12.2. The van der Waals surface area contributed by atoms with E-state index in [0.29, 0.717) is 5.02 Å². The Kier molecular flexibility index (Phi) is 4.29. The van der Waals surface area contributed by atoms with Crippen molar-refractivity contribution in [3.05, 3.63) is 57.6 Å². The molecule has 0 saturated carbocycles. The molecule has 0 spiro atoms. The van der Waals surface area contributed by atoms with Gasteiger partial charge in [-0.3, -0.25) is 10.1 Å². The van der Waals surface area contributed by atoms with Crippen LogP contribution in [0.25, 0.3) is 0 Å². The fourth-order valence-corrected chi connectivity index (χ4v) is 2.48. The third-order valence-electron chi connectivity index (χ3n) is 2.40. The SMILES string of the molecule is COc1cc(Sc2ccc(Cl)cc2)ccc1[N+](=O)[O-]. The van der Waals surface area contributed by atoms with Gasteiger partial charge in [-0.1, -0.05) is 23.4 Å². The summed E-state index contributed by atoms with van der Waals surface area (Å²) in [4.78, 5) is 12.2. The van der Waals surface area contributed by atoms with Gasteiger partial charge in [0.15, 0.2) is 5.75 Å². The Balaban J connectivity index is 2.26. The summed E-state index contributed by atoms with van der Waals surface area (Å²) in [6.07, 6.45) is 0. The lowest BCUT2D eigenvalue weighted by Crippen LogP contribution is -1.93. The van der Waals surface area contributed by atoms with Crippen LogP contribution in [0.15, 0.2) is 52.3 Å². The van der Waals surface area contributed by atoms with Crippen LogP contribution >= 0.6 is 23.4 Å². The minimum atomic E-state index is -0.463. The van der Waals surface area contributed by atoms with Gasteiger partial charge in [-0.15, -0.1) is 0 Å². The van der Waals surface area contributed by atoms with E-state index < -0.39 is 4.92 Å². The van der Waals surface area contributed by atoms with Crippen molar-refractivity contribution in [3.8, 4) is 5.75 Å². The number of ether oxygens (including phenoxy) is 1. The predicted octanol–water partition coefficient (Wildman–Crippen LogP) is 4.41. The first-order valence-electron chi connectivity index (χ1n) is 5.36. The number of halogens is 1. The zero-order valence-corrected chi connectivity index (χ0v) is 11.6. The van der Waals surface area contributed by atoms with Gasteiger partial charge in [-0.25, -0.2) is 0 Å². The third kappa shape index (κ3) is 3.39. The van der Waals surface area contributed by atoms with Crippen molar-refractivity contribution < 1.29 is 9.66 Å². The van der Waals surface area contributed by atoms with Gasteiger partial charge >= 0.3 is 5.69 Å². The fraction of sp³-hybridized carbons (Fsp3) is 0.0769. The molecule has 0 radical (unpaired) electrons. The number of nitro groups is 1. The summed E-state index contributed by atoms with van der Waals surface area (Å²) >= 11 is 7.30. The van der Waals surface area contributed by atoms with E-state index in [1.165, 1.54) is 24.9 Å². The molecule has 0 aromatic heterocycles. The molecule has 0 aliphatic heterocycles. The van der Waals surface area contributed by atoms with Crippen molar-refractivity contribution in [2.24, 2.45) is 0 Å². The third-order valence-corrected chi connectivity index (χ3v) is 3.65. The molecule has 0 N–H and O–H groups in total. The van der Waals surface area contributed by atoms with Crippen LogP contribution in [0.5, 0.6) is 5.75 Å². The molecule has 0 heterocycles. The van der Waals surface area contributed by atoms with Crippen LogP contribution in [0, 0.1) is 10.1 Å². The van der Waals surface area contributed by atoms with E-state index in [2.05, 4.69) is 0 Å². The highest BCUT2D eigenvalue weighted by Gasteiger charge is 2.14. The summed E-state index contributed by atoms with van der Waals surface area (Å²) in [6.45, 7) is 0. The first kappa shape index (κ1) is 13.7. The summed E-state index contributed by atoms with van der Waals surface area (Å²) in [5.74, 6) is 0.254. The van der Waals surface area contributed by atoms with Gasteiger partial charge in [0, 0.05) is 26.9 Å². The van der Waals surface area contributed by atoms with Crippen LogP contribution < -0.4 is 4.74 Å². The topological polar surface area (TPSA) is 52.4 Å². The Bertz CT molecular complexity index is 601. The number of hydrogen-bond donors (Lipinski definition) is 0. The van der Waals surface area contributed by atoms with Gasteiger partial charge in [0.2, 0.25) is 0 Å². The van der Waals surface area contributed by atoms with E-state index in [9.17, 15) is 10.1 Å². The summed E-state index contributed by atoms with van der Waals surface area (Å²) in [5, 5.41) is 11.5. The molecule has 2 aromatic carbocycles. The number of hydrogen-bond acceptors (Lipinski definition) is 4. The summed E-state index contributed by atoms with van der Waals surface area (Å²) < 4.78 is 5.03. The quantitative estimate of drug-likeness (QED) is 0.619. The van der Waals surface area contributed by atoms with Crippen LogP contribution in [0.4, 0.5) is 5.69 Å². The maximum Gasteiger partial charge on any atom is 0.310 e. The molecule has 0 saturated heterocycles. The molecule has 0 atom stereocenters. The predicted molar refractivity (Wildman–Crippen MR) is 75.2 cm³/mol. The van der Waals surface area contributed by atoms with Crippen molar-refractivity contribution in [1.82, 2.24) is 0 Å². The largest absolute Gasteiger partial charge is 0.490 e. The zero-order chi connectivity index (χ0) is 13.8. The summed E-state index contributed by atoms with van der Waals surface area (Å²) in [5.41, 5.74) is -0.0389. The molecular formula is C13H10ClNO3S. The lowest BCUT2D eigenvalue weighted by atomic mass is 10.3. The zero-order valence-electron chi connectivity index (χ0n) is 10.00. The van der Waals surface area contributed by atoms with E-state index in [-0.39, 0.29) is 11.4 Å². The second-order valence-electron chi connectivity index (χ2n) is 3.65. The average molecular weight is 296 g/mol. The number of nitrogens with zero attached hydrogens (tertiary/aromatic N) is 1. The maximum atomic E-state index is 10.8. The van der Waals surface area contributed by atoms with Crippen LogP contribution in [-0.2, 0) is 0 Å². The highest BCUT2D eigenvalue weighted by Crippen LogP contribution is 2.35. The molecule has 0 bridgehead atoms. The molecule has 0 unspecified atom stereocenters. The van der Waals surface area contributed by atoms with Crippen molar-refractivity contribution >= 4 is 29.1 Å². The number of nitro benzene ring substituents is 1. The van der Waals surface area contributed by atoms with Crippen molar-refractivity contribution in [1.29, 1.82) is 0 Å². The average Bonchev–Trinajstić information content (AvgIpc) is 2.41. The number of methoxy groups -OCH3 is 1. The maximum absolute atomic E-state index is 10.8. The first-order chi connectivity index (χ1) is 9.10. The molecule has 2 aromatic rings. The number of benzene rings is 2. The van der Waals surface area contributed by atoms with E-state index in [1.807, 2.05) is 12.1 Å². The standard InChI is InChI=1S/C13H10ClNO3S/c1-18-13-8-11(6-7-12(13)15(16)17)19-10-4-2-9(14)3-5-10/h2-8H,1H3. The van der Waals surface area contributed by atoms with E-state index in [1.54, 1.807) is 24.3 Å².